The Labute approximate surface area is 168 Å². The number of anilines is 3. The van der Waals surface area contributed by atoms with Crippen molar-refractivity contribution >= 4 is 28.9 Å². The third-order valence-corrected chi connectivity index (χ3v) is 4.66. The number of ether oxygens (including phenoxy) is 1. The molecule has 3 N–H and O–H groups in total. The first-order valence-electron chi connectivity index (χ1n) is 9.46. The molecule has 0 aromatic heterocycles. The zero-order chi connectivity index (χ0) is 20.2. The van der Waals surface area contributed by atoms with E-state index in [1.165, 1.54) is 0 Å². The minimum Gasteiger partial charge on any atom is -0.488 e. The first kappa shape index (κ1) is 18.6. The van der Waals surface area contributed by atoms with Crippen LogP contribution >= 0.6 is 0 Å². The summed E-state index contributed by atoms with van der Waals surface area (Å²) in [6.07, 6.45) is 0. The Morgan fingerprint density at radius 1 is 0.966 bits per heavy atom. The number of fused-ring (bicyclic) bond motifs is 2. The Hall–Kier alpha value is -3.80. The van der Waals surface area contributed by atoms with Crippen LogP contribution in [0.4, 0.5) is 21.9 Å². The summed E-state index contributed by atoms with van der Waals surface area (Å²) in [6, 6.07) is 20.0. The summed E-state index contributed by atoms with van der Waals surface area (Å²) in [5, 5.41) is 8.83. The monoisotopic (exact) mass is 387 g/mol. The summed E-state index contributed by atoms with van der Waals surface area (Å²) >= 11 is 0. The van der Waals surface area contributed by atoms with Crippen molar-refractivity contribution in [3.63, 3.8) is 0 Å². The number of hydrogen-bond donors (Lipinski definition) is 3. The standard InChI is InChI=1S/C23H21N3O3/c1-2-24-23(28)26-20-10-6-5-9-19(20)25-16-11-12-18-21(13-16)29-14-15-7-3-4-8-17(15)22(18)27/h3-13,25H,2,14H2,1H3,(H2,24,26,28). The number of para-hydroxylation sites is 2. The van der Waals surface area contributed by atoms with E-state index >= 15 is 0 Å². The van der Waals surface area contributed by atoms with E-state index in [2.05, 4.69) is 16.0 Å². The van der Waals surface area contributed by atoms with E-state index < -0.39 is 0 Å². The van der Waals surface area contributed by atoms with Crippen LogP contribution in [-0.4, -0.2) is 18.4 Å². The highest BCUT2D eigenvalue weighted by molar-refractivity contribution is 6.12. The second-order valence-corrected chi connectivity index (χ2v) is 6.64. The van der Waals surface area contributed by atoms with Crippen molar-refractivity contribution in [1.82, 2.24) is 5.32 Å². The molecule has 2 amide bonds. The number of benzene rings is 3. The van der Waals surface area contributed by atoms with Gasteiger partial charge in [-0.1, -0.05) is 36.4 Å². The zero-order valence-electron chi connectivity index (χ0n) is 16.0. The number of ketones is 1. The van der Waals surface area contributed by atoms with Crippen molar-refractivity contribution in [1.29, 1.82) is 0 Å². The molecule has 0 unspecified atom stereocenters. The van der Waals surface area contributed by atoms with Gasteiger partial charge in [0.05, 0.1) is 16.9 Å². The number of hydrogen-bond acceptors (Lipinski definition) is 4. The van der Waals surface area contributed by atoms with Crippen LogP contribution in [0.3, 0.4) is 0 Å². The third kappa shape index (κ3) is 3.91. The second kappa shape index (κ2) is 8.06. The molecule has 0 radical (unpaired) electrons. The average Bonchev–Trinajstić information content (AvgIpc) is 2.87. The van der Waals surface area contributed by atoms with E-state index in [1.807, 2.05) is 67.6 Å². The predicted octanol–water partition coefficient (Wildman–Crippen LogP) is 4.70. The van der Waals surface area contributed by atoms with Crippen molar-refractivity contribution in [2.75, 3.05) is 17.2 Å². The summed E-state index contributed by atoms with van der Waals surface area (Å²) in [5.41, 5.74) is 4.23. The van der Waals surface area contributed by atoms with Crippen molar-refractivity contribution < 1.29 is 14.3 Å². The fourth-order valence-electron chi connectivity index (χ4n) is 3.26. The van der Waals surface area contributed by atoms with Gasteiger partial charge in [-0.2, -0.15) is 0 Å². The van der Waals surface area contributed by atoms with Gasteiger partial charge < -0.3 is 20.7 Å². The molecular formula is C23H21N3O3. The predicted molar refractivity (Wildman–Crippen MR) is 113 cm³/mol. The van der Waals surface area contributed by atoms with Gasteiger partial charge in [0.2, 0.25) is 0 Å². The lowest BCUT2D eigenvalue weighted by molar-refractivity contribution is 0.103. The van der Waals surface area contributed by atoms with Crippen LogP contribution in [0.2, 0.25) is 0 Å². The Morgan fingerprint density at radius 3 is 2.55 bits per heavy atom. The van der Waals surface area contributed by atoms with Gasteiger partial charge in [-0.05, 0) is 31.2 Å². The van der Waals surface area contributed by atoms with E-state index in [1.54, 1.807) is 6.07 Å². The molecule has 3 aromatic carbocycles. The van der Waals surface area contributed by atoms with E-state index in [0.717, 1.165) is 16.9 Å². The summed E-state index contributed by atoms with van der Waals surface area (Å²) in [7, 11) is 0. The molecule has 1 heterocycles. The number of nitrogens with one attached hydrogen (secondary N) is 3. The molecular weight excluding hydrogens is 366 g/mol. The molecule has 0 atom stereocenters. The number of carbonyl (C=O) groups is 2. The summed E-state index contributed by atoms with van der Waals surface area (Å²) in [5.74, 6) is 0.489. The lowest BCUT2D eigenvalue weighted by Gasteiger charge is -2.15. The molecule has 6 heteroatoms. The molecule has 4 rings (SSSR count). The van der Waals surface area contributed by atoms with Gasteiger partial charge in [0, 0.05) is 29.4 Å². The Kier molecular flexibility index (Phi) is 5.16. The summed E-state index contributed by atoms with van der Waals surface area (Å²) in [4.78, 5) is 24.8. The number of rotatable bonds is 4. The van der Waals surface area contributed by atoms with Gasteiger partial charge in [-0.3, -0.25) is 4.79 Å². The molecule has 0 saturated carbocycles. The van der Waals surface area contributed by atoms with Crippen molar-refractivity contribution in [2.45, 2.75) is 13.5 Å². The minimum absolute atomic E-state index is 0.0436. The fourth-order valence-corrected chi connectivity index (χ4v) is 3.26. The van der Waals surface area contributed by atoms with Crippen molar-refractivity contribution in [3.8, 4) is 5.75 Å². The second-order valence-electron chi connectivity index (χ2n) is 6.64. The first-order chi connectivity index (χ1) is 14.2. The molecule has 0 fully saturated rings. The van der Waals surface area contributed by atoms with Crippen LogP contribution in [0.15, 0.2) is 66.7 Å². The minimum atomic E-state index is -0.268. The zero-order valence-corrected chi connectivity index (χ0v) is 16.0. The van der Waals surface area contributed by atoms with Gasteiger partial charge in [-0.25, -0.2) is 4.79 Å². The van der Waals surface area contributed by atoms with Crippen LogP contribution < -0.4 is 20.7 Å². The molecule has 146 valence electrons. The summed E-state index contributed by atoms with van der Waals surface area (Å²) in [6.45, 7) is 2.74. The molecule has 0 aliphatic carbocycles. The summed E-state index contributed by atoms with van der Waals surface area (Å²) < 4.78 is 5.91. The highest BCUT2D eigenvalue weighted by Crippen LogP contribution is 2.33. The number of carbonyl (C=O) groups excluding carboxylic acids is 2. The van der Waals surface area contributed by atoms with Gasteiger partial charge in [0.1, 0.15) is 12.4 Å². The van der Waals surface area contributed by atoms with Crippen LogP contribution in [0.5, 0.6) is 5.75 Å². The van der Waals surface area contributed by atoms with Gasteiger partial charge in [0.15, 0.2) is 5.78 Å². The average molecular weight is 387 g/mol. The smallest absolute Gasteiger partial charge is 0.319 e. The van der Waals surface area contributed by atoms with Gasteiger partial charge >= 0.3 is 6.03 Å². The number of amides is 2. The van der Waals surface area contributed by atoms with E-state index in [4.69, 9.17) is 4.74 Å². The van der Waals surface area contributed by atoms with Crippen LogP contribution in [0.1, 0.15) is 28.4 Å². The topological polar surface area (TPSA) is 79.5 Å². The molecule has 6 nitrogen and oxygen atoms in total. The maximum absolute atomic E-state index is 12.9. The van der Waals surface area contributed by atoms with E-state index in [0.29, 0.717) is 35.7 Å². The molecule has 29 heavy (non-hydrogen) atoms. The molecule has 0 bridgehead atoms. The lowest BCUT2D eigenvalue weighted by atomic mass is 9.99. The van der Waals surface area contributed by atoms with Gasteiger partial charge in [0.25, 0.3) is 0 Å². The quantitative estimate of drug-likeness (QED) is 0.606. The van der Waals surface area contributed by atoms with Crippen LogP contribution in [-0.2, 0) is 6.61 Å². The highest BCUT2D eigenvalue weighted by Gasteiger charge is 2.22. The van der Waals surface area contributed by atoms with Crippen molar-refractivity contribution in [2.24, 2.45) is 0 Å². The Balaban J connectivity index is 1.60. The molecule has 1 aliphatic heterocycles. The fraction of sp³-hybridized carbons (Fsp3) is 0.130. The normalized spacial score (nSPS) is 12.1. The molecule has 0 saturated heterocycles. The lowest BCUT2D eigenvalue weighted by Crippen LogP contribution is -2.28. The third-order valence-electron chi connectivity index (χ3n) is 4.66. The molecule has 0 spiro atoms. The SMILES string of the molecule is CCNC(=O)Nc1ccccc1Nc1ccc2c(c1)OCc1ccccc1C2=O. The maximum Gasteiger partial charge on any atom is 0.319 e. The van der Waals surface area contributed by atoms with Crippen molar-refractivity contribution in [3.05, 3.63) is 83.4 Å². The largest absolute Gasteiger partial charge is 0.488 e. The first-order valence-corrected chi connectivity index (χ1v) is 9.46. The highest BCUT2D eigenvalue weighted by atomic mass is 16.5. The molecule has 1 aliphatic rings. The number of urea groups is 1. The van der Waals surface area contributed by atoms with Crippen LogP contribution in [0, 0.1) is 0 Å². The Morgan fingerprint density at radius 2 is 1.72 bits per heavy atom. The maximum atomic E-state index is 12.9. The van der Waals surface area contributed by atoms with Gasteiger partial charge in [-0.15, -0.1) is 0 Å². The molecule has 3 aromatic rings. The van der Waals surface area contributed by atoms with E-state index in [-0.39, 0.29) is 11.8 Å². The van der Waals surface area contributed by atoms with E-state index in [9.17, 15) is 9.59 Å². The van der Waals surface area contributed by atoms with Crippen LogP contribution in [0.25, 0.3) is 0 Å². The Bertz CT molecular complexity index is 1080.